The van der Waals surface area contributed by atoms with Crippen LogP contribution in [0.15, 0.2) is 65.3 Å². The monoisotopic (exact) mass is 418 g/mol. The molecule has 3 heterocycles. The van der Waals surface area contributed by atoms with E-state index in [1.54, 1.807) is 27.9 Å². The van der Waals surface area contributed by atoms with Crippen molar-refractivity contribution in [3.8, 4) is 23.0 Å². The molecule has 0 spiro atoms. The fourth-order valence-corrected chi connectivity index (χ4v) is 3.70. The molecule has 1 fully saturated rings. The van der Waals surface area contributed by atoms with E-state index >= 15 is 0 Å². The minimum atomic E-state index is -0.337. The van der Waals surface area contributed by atoms with Crippen LogP contribution >= 0.6 is 0 Å². The molecular formula is C22H19FN6O2. The highest BCUT2D eigenvalue weighted by molar-refractivity contribution is 5.79. The zero-order chi connectivity index (χ0) is 21.2. The molecule has 1 aliphatic heterocycles. The second-order valence-corrected chi connectivity index (χ2v) is 7.46. The Labute approximate surface area is 177 Å². The van der Waals surface area contributed by atoms with Crippen molar-refractivity contribution in [1.29, 1.82) is 0 Å². The molecule has 1 amide bonds. The predicted octanol–water partition coefficient (Wildman–Crippen LogP) is 3.15. The minimum absolute atomic E-state index is 0.00854. The van der Waals surface area contributed by atoms with Crippen LogP contribution in [0.1, 0.15) is 18.0 Å². The van der Waals surface area contributed by atoms with Crippen LogP contribution in [0.2, 0.25) is 0 Å². The molecule has 1 atom stereocenters. The maximum atomic E-state index is 13.4. The number of amides is 1. The number of carbonyl (C=O) groups is 1. The van der Waals surface area contributed by atoms with Gasteiger partial charge < -0.3 is 9.42 Å². The lowest BCUT2D eigenvalue weighted by Gasteiger charge is -2.16. The number of benzene rings is 2. The molecular weight excluding hydrogens is 399 g/mol. The number of nitrogens with zero attached hydrogens (tertiary/aromatic N) is 6. The molecule has 0 unspecified atom stereocenters. The summed E-state index contributed by atoms with van der Waals surface area (Å²) in [6, 6.07) is 15.7. The van der Waals surface area contributed by atoms with Crippen LogP contribution in [-0.4, -0.2) is 49.0 Å². The van der Waals surface area contributed by atoms with E-state index in [0.717, 1.165) is 12.0 Å². The first-order valence-electron chi connectivity index (χ1n) is 9.99. The van der Waals surface area contributed by atoms with Crippen molar-refractivity contribution in [2.75, 3.05) is 13.1 Å². The molecule has 1 aliphatic rings. The SMILES string of the molecule is O=C(Cc1cccc(F)c1)N1CC[C@H](n2cc(-c3nc(-c4ccccc4)no3)nn2)C1. The van der Waals surface area contributed by atoms with Crippen molar-refractivity contribution in [3.63, 3.8) is 0 Å². The number of carbonyl (C=O) groups excluding carboxylic acids is 1. The highest BCUT2D eigenvalue weighted by Gasteiger charge is 2.29. The van der Waals surface area contributed by atoms with Gasteiger partial charge in [-0.05, 0) is 24.1 Å². The van der Waals surface area contributed by atoms with Gasteiger partial charge in [0, 0.05) is 18.7 Å². The van der Waals surface area contributed by atoms with Crippen molar-refractivity contribution >= 4 is 5.91 Å². The van der Waals surface area contributed by atoms with Crippen LogP contribution in [-0.2, 0) is 11.2 Å². The van der Waals surface area contributed by atoms with Crippen LogP contribution in [0.25, 0.3) is 23.0 Å². The van der Waals surface area contributed by atoms with Crippen LogP contribution in [0.4, 0.5) is 4.39 Å². The Balaban J connectivity index is 1.25. The fourth-order valence-electron chi connectivity index (χ4n) is 3.70. The summed E-state index contributed by atoms with van der Waals surface area (Å²) in [5.41, 5.74) is 2.01. The Kier molecular flexibility index (Phi) is 4.99. The van der Waals surface area contributed by atoms with Crippen LogP contribution in [0.3, 0.4) is 0 Å². The number of halogens is 1. The van der Waals surface area contributed by atoms with Crippen LogP contribution in [0.5, 0.6) is 0 Å². The van der Waals surface area contributed by atoms with E-state index in [1.807, 2.05) is 30.3 Å². The number of rotatable bonds is 5. The first kappa shape index (κ1) is 19.1. The Morgan fingerprint density at radius 2 is 2.03 bits per heavy atom. The lowest BCUT2D eigenvalue weighted by molar-refractivity contribution is -0.129. The summed E-state index contributed by atoms with van der Waals surface area (Å²) in [6.45, 7) is 1.14. The minimum Gasteiger partial charge on any atom is -0.340 e. The van der Waals surface area contributed by atoms with Crippen molar-refractivity contribution in [2.24, 2.45) is 0 Å². The van der Waals surface area contributed by atoms with Gasteiger partial charge in [0.15, 0.2) is 5.69 Å². The first-order chi connectivity index (χ1) is 15.2. The molecule has 5 rings (SSSR count). The summed E-state index contributed by atoms with van der Waals surface area (Å²) in [6.07, 6.45) is 2.70. The molecule has 9 heteroatoms. The average molecular weight is 418 g/mol. The molecule has 156 valence electrons. The smallest absolute Gasteiger partial charge is 0.280 e. The second kappa shape index (κ2) is 8.10. The van der Waals surface area contributed by atoms with E-state index in [4.69, 9.17) is 4.52 Å². The van der Waals surface area contributed by atoms with Crippen molar-refractivity contribution in [2.45, 2.75) is 18.9 Å². The molecule has 0 saturated carbocycles. The molecule has 0 N–H and O–H groups in total. The summed E-state index contributed by atoms with van der Waals surface area (Å²) in [7, 11) is 0. The first-order valence-corrected chi connectivity index (χ1v) is 9.99. The van der Waals surface area contributed by atoms with Gasteiger partial charge in [0.2, 0.25) is 11.7 Å². The number of hydrogen-bond acceptors (Lipinski definition) is 6. The van der Waals surface area contributed by atoms with Crippen LogP contribution < -0.4 is 0 Å². The molecule has 4 aromatic rings. The van der Waals surface area contributed by atoms with Gasteiger partial charge >= 0.3 is 0 Å². The Hall–Kier alpha value is -3.88. The quantitative estimate of drug-likeness (QED) is 0.495. The number of likely N-dealkylation sites (tertiary alicyclic amines) is 1. The molecule has 0 aliphatic carbocycles. The lowest BCUT2D eigenvalue weighted by Crippen LogP contribution is -2.30. The van der Waals surface area contributed by atoms with E-state index in [1.165, 1.54) is 12.1 Å². The van der Waals surface area contributed by atoms with Crippen molar-refractivity contribution in [1.82, 2.24) is 30.0 Å². The van der Waals surface area contributed by atoms with Gasteiger partial charge in [-0.1, -0.05) is 52.8 Å². The van der Waals surface area contributed by atoms with E-state index in [-0.39, 0.29) is 24.2 Å². The largest absolute Gasteiger partial charge is 0.340 e. The van der Waals surface area contributed by atoms with Gasteiger partial charge in [-0.2, -0.15) is 4.98 Å². The molecule has 0 radical (unpaired) electrons. The van der Waals surface area contributed by atoms with Crippen molar-refractivity contribution in [3.05, 3.63) is 72.2 Å². The van der Waals surface area contributed by atoms with Crippen molar-refractivity contribution < 1.29 is 13.7 Å². The maximum absolute atomic E-state index is 13.4. The van der Waals surface area contributed by atoms with E-state index < -0.39 is 0 Å². The van der Waals surface area contributed by atoms with Gasteiger partial charge in [0.05, 0.1) is 18.7 Å². The third-order valence-corrected chi connectivity index (χ3v) is 5.32. The number of aromatic nitrogens is 5. The lowest BCUT2D eigenvalue weighted by atomic mass is 10.1. The van der Waals surface area contributed by atoms with Gasteiger partial charge in [0.25, 0.3) is 5.89 Å². The predicted molar refractivity (Wildman–Crippen MR) is 109 cm³/mol. The summed E-state index contributed by atoms with van der Waals surface area (Å²) in [5.74, 6) is 0.413. The highest BCUT2D eigenvalue weighted by atomic mass is 19.1. The Morgan fingerprint density at radius 1 is 1.16 bits per heavy atom. The Bertz CT molecular complexity index is 1210. The highest BCUT2D eigenvalue weighted by Crippen LogP contribution is 2.25. The second-order valence-electron chi connectivity index (χ2n) is 7.46. The molecule has 31 heavy (non-hydrogen) atoms. The fraction of sp³-hybridized carbons (Fsp3) is 0.227. The van der Waals surface area contributed by atoms with Gasteiger partial charge in [-0.15, -0.1) is 5.10 Å². The number of hydrogen-bond donors (Lipinski definition) is 0. The van der Waals surface area contributed by atoms with E-state index in [2.05, 4.69) is 20.5 Å². The van der Waals surface area contributed by atoms with Crippen LogP contribution in [0, 0.1) is 5.82 Å². The molecule has 0 bridgehead atoms. The third-order valence-electron chi connectivity index (χ3n) is 5.32. The summed E-state index contributed by atoms with van der Waals surface area (Å²) >= 11 is 0. The summed E-state index contributed by atoms with van der Waals surface area (Å²) in [4.78, 5) is 18.8. The van der Waals surface area contributed by atoms with Gasteiger partial charge in [-0.3, -0.25) is 4.79 Å². The molecule has 2 aromatic carbocycles. The average Bonchev–Trinajstić information content (AvgIpc) is 3.54. The van der Waals surface area contributed by atoms with E-state index in [0.29, 0.717) is 36.1 Å². The standard InChI is InChI=1S/C22H19FN6O2/c23-17-8-4-5-15(11-17)12-20(30)28-10-9-18(13-28)29-14-19(25-27-29)22-24-21(26-31-22)16-6-2-1-3-7-16/h1-8,11,14,18H,9-10,12-13H2/t18-/m0/s1. The normalized spacial score (nSPS) is 16.0. The van der Waals surface area contributed by atoms with Gasteiger partial charge in [0.1, 0.15) is 5.82 Å². The zero-order valence-electron chi connectivity index (χ0n) is 16.6. The maximum Gasteiger partial charge on any atom is 0.280 e. The topological polar surface area (TPSA) is 89.9 Å². The third kappa shape index (κ3) is 4.07. The van der Waals surface area contributed by atoms with Gasteiger partial charge in [-0.25, -0.2) is 9.07 Å². The zero-order valence-corrected chi connectivity index (χ0v) is 16.6. The van der Waals surface area contributed by atoms with E-state index in [9.17, 15) is 9.18 Å². The molecule has 8 nitrogen and oxygen atoms in total. The Morgan fingerprint density at radius 3 is 2.87 bits per heavy atom. The molecule has 1 saturated heterocycles. The summed E-state index contributed by atoms with van der Waals surface area (Å²) < 4.78 is 20.4. The molecule has 2 aromatic heterocycles. The summed E-state index contributed by atoms with van der Waals surface area (Å²) in [5, 5.41) is 12.4.